The second-order valence-electron chi connectivity index (χ2n) is 6.98. The van der Waals surface area contributed by atoms with Crippen LogP contribution < -0.4 is 10.1 Å². The fraction of sp³-hybridized carbons (Fsp3) is 0.364. The van der Waals surface area contributed by atoms with E-state index in [4.69, 9.17) is 5.11 Å². The van der Waals surface area contributed by atoms with E-state index in [0.717, 1.165) is 24.1 Å². The number of carbonyl (C=O) groups is 2. The Morgan fingerprint density at radius 3 is 2.13 bits per heavy atom. The zero-order chi connectivity index (χ0) is 23.0. The van der Waals surface area contributed by atoms with Gasteiger partial charge in [-0.05, 0) is 41.8 Å². The lowest BCUT2D eigenvalue weighted by atomic mass is 9.85. The molecule has 0 aromatic heterocycles. The number of carboxylic acids is 1. The van der Waals surface area contributed by atoms with E-state index in [1.807, 2.05) is 6.92 Å². The molecule has 0 spiro atoms. The van der Waals surface area contributed by atoms with Crippen LogP contribution in [-0.2, 0) is 4.79 Å². The summed E-state index contributed by atoms with van der Waals surface area (Å²) in [6.45, 7) is 1.96. The molecule has 0 saturated carbocycles. The smallest absolute Gasteiger partial charge is 0.481 e. The number of hydrogen-bond acceptors (Lipinski definition) is 4. The lowest BCUT2D eigenvalue weighted by molar-refractivity contribution is -0.274. The van der Waals surface area contributed by atoms with Gasteiger partial charge in [0.2, 0.25) is 0 Å². The molecule has 0 bridgehead atoms. The molecule has 2 atom stereocenters. The SMILES string of the molecule is CCC[C@H](c1ccc(C(=O)NCCC(=O)O)cc1)C(O)c1ccc(OC(F)(F)F)cc1. The lowest BCUT2D eigenvalue weighted by Crippen LogP contribution is -2.26. The minimum absolute atomic E-state index is 0.0150. The molecule has 0 radical (unpaired) electrons. The van der Waals surface area contributed by atoms with Crippen molar-refractivity contribution in [2.45, 2.75) is 44.6 Å². The summed E-state index contributed by atoms with van der Waals surface area (Å²) < 4.78 is 40.8. The first-order valence-electron chi connectivity index (χ1n) is 9.74. The quantitative estimate of drug-likeness (QED) is 0.510. The average Bonchev–Trinajstić information content (AvgIpc) is 2.71. The Bertz CT molecular complexity index is 866. The Labute approximate surface area is 177 Å². The van der Waals surface area contributed by atoms with Crippen LogP contribution in [0.1, 0.15) is 59.7 Å². The molecule has 168 valence electrons. The van der Waals surface area contributed by atoms with Gasteiger partial charge in [-0.3, -0.25) is 9.59 Å². The van der Waals surface area contributed by atoms with Crippen LogP contribution in [0.4, 0.5) is 13.2 Å². The Morgan fingerprint density at radius 1 is 1.03 bits per heavy atom. The molecule has 0 aliphatic carbocycles. The number of carbonyl (C=O) groups excluding carboxylic acids is 1. The summed E-state index contributed by atoms with van der Waals surface area (Å²) in [7, 11) is 0. The largest absolute Gasteiger partial charge is 0.573 e. The molecule has 0 aliphatic rings. The number of halogens is 3. The molecule has 2 aromatic rings. The molecule has 2 rings (SSSR count). The molecule has 0 aliphatic heterocycles. The number of rotatable bonds is 10. The van der Waals surface area contributed by atoms with Crippen molar-refractivity contribution in [1.29, 1.82) is 0 Å². The number of aliphatic carboxylic acids is 1. The maximum absolute atomic E-state index is 12.3. The van der Waals surface area contributed by atoms with E-state index in [-0.39, 0.29) is 24.6 Å². The molecule has 6 nitrogen and oxygen atoms in total. The van der Waals surface area contributed by atoms with Gasteiger partial charge in [0.1, 0.15) is 5.75 Å². The van der Waals surface area contributed by atoms with E-state index >= 15 is 0 Å². The standard InChI is InChI=1S/C22H24F3NO5/c1-2-3-18(20(29)15-8-10-17(11-9-15)31-22(23,24)25)14-4-6-16(7-5-14)21(30)26-13-12-19(27)28/h4-11,18,20,29H,2-3,12-13H2,1H3,(H,26,30)(H,27,28)/t18-,20?/m1/s1. The molecule has 3 N–H and O–H groups in total. The Hall–Kier alpha value is -3.07. The molecular formula is C22H24F3NO5. The van der Waals surface area contributed by atoms with Crippen LogP contribution in [0.5, 0.6) is 5.75 Å². The van der Waals surface area contributed by atoms with E-state index in [9.17, 15) is 27.9 Å². The Balaban J connectivity index is 2.12. The van der Waals surface area contributed by atoms with E-state index < -0.39 is 24.3 Å². The minimum atomic E-state index is -4.79. The maximum atomic E-state index is 12.3. The highest BCUT2D eigenvalue weighted by Crippen LogP contribution is 2.36. The summed E-state index contributed by atoms with van der Waals surface area (Å²) in [5.74, 6) is -2.11. The van der Waals surface area contributed by atoms with Crippen molar-refractivity contribution >= 4 is 11.9 Å². The van der Waals surface area contributed by atoms with Gasteiger partial charge in [0.25, 0.3) is 5.91 Å². The first-order chi connectivity index (χ1) is 14.6. The van der Waals surface area contributed by atoms with Crippen molar-refractivity contribution in [1.82, 2.24) is 5.32 Å². The molecule has 0 saturated heterocycles. The van der Waals surface area contributed by atoms with Gasteiger partial charge in [0.05, 0.1) is 12.5 Å². The van der Waals surface area contributed by atoms with Gasteiger partial charge in [-0.2, -0.15) is 0 Å². The number of carboxylic acid groups (broad SMARTS) is 1. The van der Waals surface area contributed by atoms with Crippen molar-refractivity contribution in [3.8, 4) is 5.75 Å². The summed E-state index contributed by atoms with van der Waals surface area (Å²) in [5, 5.41) is 22.0. The van der Waals surface area contributed by atoms with E-state index in [1.54, 1.807) is 24.3 Å². The highest BCUT2D eigenvalue weighted by Gasteiger charge is 2.31. The van der Waals surface area contributed by atoms with Crippen molar-refractivity contribution in [2.75, 3.05) is 6.54 Å². The van der Waals surface area contributed by atoms with Crippen LogP contribution in [0.15, 0.2) is 48.5 Å². The Kier molecular flexibility index (Phi) is 8.44. The molecule has 9 heteroatoms. The van der Waals surface area contributed by atoms with Gasteiger partial charge in [-0.1, -0.05) is 37.6 Å². The number of nitrogens with one attached hydrogen (secondary N) is 1. The van der Waals surface area contributed by atoms with E-state index in [0.29, 0.717) is 17.5 Å². The fourth-order valence-electron chi connectivity index (χ4n) is 3.18. The minimum Gasteiger partial charge on any atom is -0.481 e. The summed E-state index contributed by atoms with van der Waals surface area (Å²) in [6.07, 6.45) is -4.55. The fourth-order valence-corrected chi connectivity index (χ4v) is 3.18. The third-order valence-electron chi connectivity index (χ3n) is 4.66. The first kappa shape index (κ1) is 24.2. The number of aliphatic hydroxyl groups excluding tert-OH is 1. The topological polar surface area (TPSA) is 95.9 Å². The maximum Gasteiger partial charge on any atom is 0.573 e. The van der Waals surface area contributed by atoms with Crippen LogP contribution in [0, 0.1) is 0 Å². The number of alkyl halides is 3. The highest BCUT2D eigenvalue weighted by molar-refractivity contribution is 5.94. The monoisotopic (exact) mass is 439 g/mol. The van der Waals surface area contributed by atoms with Gasteiger partial charge in [-0.25, -0.2) is 0 Å². The summed E-state index contributed by atoms with van der Waals surface area (Å²) >= 11 is 0. The summed E-state index contributed by atoms with van der Waals surface area (Å²) in [5.41, 5.74) is 1.57. The molecule has 1 unspecified atom stereocenters. The van der Waals surface area contributed by atoms with Gasteiger partial charge in [0.15, 0.2) is 0 Å². The van der Waals surface area contributed by atoms with Gasteiger partial charge in [-0.15, -0.1) is 13.2 Å². The van der Waals surface area contributed by atoms with Crippen LogP contribution in [-0.4, -0.2) is 35.0 Å². The number of amides is 1. The summed E-state index contributed by atoms with van der Waals surface area (Å²) in [4.78, 5) is 22.6. The van der Waals surface area contributed by atoms with Crippen molar-refractivity contribution in [3.05, 3.63) is 65.2 Å². The van der Waals surface area contributed by atoms with Gasteiger partial charge < -0.3 is 20.3 Å². The normalized spacial score (nSPS) is 13.3. The highest BCUT2D eigenvalue weighted by atomic mass is 19.4. The zero-order valence-corrected chi connectivity index (χ0v) is 16.9. The first-order valence-corrected chi connectivity index (χ1v) is 9.74. The van der Waals surface area contributed by atoms with E-state index in [2.05, 4.69) is 10.1 Å². The molecule has 0 fully saturated rings. The van der Waals surface area contributed by atoms with Crippen molar-refractivity contribution in [2.24, 2.45) is 0 Å². The van der Waals surface area contributed by atoms with Crippen molar-refractivity contribution in [3.63, 3.8) is 0 Å². The average molecular weight is 439 g/mol. The van der Waals surface area contributed by atoms with Crippen LogP contribution in [0.3, 0.4) is 0 Å². The van der Waals surface area contributed by atoms with Crippen LogP contribution >= 0.6 is 0 Å². The molecule has 0 heterocycles. The predicted octanol–water partition coefficient (Wildman–Crippen LogP) is 4.41. The number of hydrogen-bond donors (Lipinski definition) is 3. The molecule has 2 aromatic carbocycles. The van der Waals surface area contributed by atoms with Crippen LogP contribution in [0.2, 0.25) is 0 Å². The molecule has 1 amide bonds. The second-order valence-corrected chi connectivity index (χ2v) is 6.98. The molecule has 31 heavy (non-hydrogen) atoms. The number of aliphatic hydroxyl groups is 1. The Morgan fingerprint density at radius 2 is 1.61 bits per heavy atom. The van der Waals surface area contributed by atoms with Gasteiger partial charge in [0, 0.05) is 18.0 Å². The third kappa shape index (κ3) is 7.60. The number of ether oxygens (including phenoxy) is 1. The van der Waals surface area contributed by atoms with Crippen molar-refractivity contribution < 1.29 is 37.7 Å². The number of benzene rings is 2. The second kappa shape index (κ2) is 10.8. The van der Waals surface area contributed by atoms with Gasteiger partial charge >= 0.3 is 12.3 Å². The third-order valence-corrected chi connectivity index (χ3v) is 4.66. The summed E-state index contributed by atoms with van der Waals surface area (Å²) in [6, 6.07) is 11.7. The lowest BCUT2D eigenvalue weighted by Gasteiger charge is -2.24. The van der Waals surface area contributed by atoms with E-state index in [1.165, 1.54) is 12.1 Å². The zero-order valence-electron chi connectivity index (χ0n) is 16.9. The van der Waals surface area contributed by atoms with Crippen LogP contribution in [0.25, 0.3) is 0 Å². The molecular weight excluding hydrogens is 415 g/mol. The predicted molar refractivity (Wildman–Crippen MR) is 107 cm³/mol.